The third kappa shape index (κ3) is 1.17. The van der Waals surface area contributed by atoms with E-state index in [9.17, 15) is 4.79 Å². The minimum atomic E-state index is -0.499. The molecule has 4 fully saturated rings. The van der Waals surface area contributed by atoms with Gasteiger partial charge in [-0.05, 0) is 26.7 Å². The highest BCUT2D eigenvalue weighted by atomic mass is 32.2. The van der Waals surface area contributed by atoms with E-state index in [0.717, 1.165) is 12.8 Å². The van der Waals surface area contributed by atoms with Crippen molar-refractivity contribution in [2.45, 2.75) is 49.9 Å². The van der Waals surface area contributed by atoms with Crippen molar-refractivity contribution >= 4 is 16.9 Å². The van der Waals surface area contributed by atoms with Gasteiger partial charge in [-0.25, -0.2) is 0 Å². The molecule has 2 bridgehead atoms. The third-order valence-corrected chi connectivity index (χ3v) is 4.60. The Labute approximate surface area is 87.5 Å². The molecular formula is C10H14O3S. The molecule has 0 spiro atoms. The molecule has 0 aromatic heterocycles. The van der Waals surface area contributed by atoms with Crippen LogP contribution < -0.4 is 0 Å². The van der Waals surface area contributed by atoms with Crippen molar-refractivity contribution < 1.29 is 14.3 Å². The van der Waals surface area contributed by atoms with Crippen LogP contribution in [0, 0.1) is 5.92 Å². The lowest BCUT2D eigenvalue weighted by molar-refractivity contribution is -0.149. The van der Waals surface area contributed by atoms with Crippen LogP contribution in [-0.2, 0) is 14.3 Å². The van der Waals surface area contributed by atoms with Crippen molar-refractivity contribution in [1.82, 2.24) is 0 Å². The summed E-state index contributed by atoms with van der Waals surface area (Å²) in [5.41, 5.74) is 0. The van der Waals surface area contributed by atoms with E-state index >= 15 is 0 Å². The number of fused-ring (bicyclic) bond motifs is 2. The number of rotatable bonds is 0. The molecule has 4 rings (SSSR count). The van der Waals surface area contributed by atoms with Gasteiger partial charge in [0.2, 0.25) is 0 Å². The van der Waals surface area contributed by atoms with Crippen LogP contribution in [0.4, 0.5) is 0 Å². The lowest BCUT2D eigenvalue weighted by atomic mass is 9.84. The fourth-order valence-corrected chi connectivity index (χ4v) is 4.03. The monoisotopic (exact) mass is 214 g/mol. The summed E-state index contributed by atoms with van der Waals surface area (Å²) < 4.78 is 11.6. The Morgan fingerprint density at radius 3 is 2.71 bits per heavy atom. The van der Waals surface area contributed by atoms with Gasteiger partial charge in [0.25, 0.3) is 0 Å². The zero-order chi connectivity index (χ0) is 9.92. The normalized spacial score (nSPS) is 49.4. The van der Waals surface area contributed by atoms with Crippen LogP contribution in [0.25, 0.3) is 0 Å². The molecule has 0 N–H and O–H groups in total. The highest BCUT2D eigenvalue weighted by Crippen LogP contribution is 2.50. The standard InChI is InChI=1S/C10H14O3S/c1-10(2)12-7-5-3-4-6(8(7)13-10)14-9(5)11/h5-8H,3-4H2,1-2H3. The smallest absolute Gasteiger partial charge is 0.195 e. The molecule has 0 aromatic carbocycles. The molecule has 14 heavy (non-hydrogen) atoms. The molecule has 0 aromatic rings. The van der Waals surface area contributed by atoms with Crippen molar-refractivity contribution in [3.05, 3.63) is 0 Å². The minimum absolute atomic E-state index is 0.0255. The summed E-state index contributed by atoms with van der Waals surface area (Å²) in [6.07, 6.45) is 2.25. The molecule has 0 amide bonds. The molecule has 0 radical (unpaired) electrons. The van der Waals surface area contributed by atoms with E-state index in [0.29, 0.717) is 10.4 Å². The first-order valence-corrected chi connectivity index (χ1v) is 6.01. The Morgan fingerprint density at radius 2 is 2.00 bits per heavy atom. The molecule has 4 atom stereocenters. The van der Waals surface area contributed by atoms with Gasteiger partial charge in [0, 0.05) is 5.25 Å². The van der Waals surface area contributed by atoms with Gasteiger partial charge in [0.1, 0.15) is 6.10 Å². The van der Waals surface area contributed by atoms with E-state index in [1.54, 1.807) is 0 Å². The lowest BCUT2D eigenvalue weighted by Crippen LogP contribution is -2.50. The summed E-state index contributed by atoms with van der Waals surface area (Å²) in [6, 6.07) is 0. The molecule has 3 aliphatic heterocycles. The predicted molar refractivity (Wildman–Crippen MR) is 52.9 cm³/mol. The van der Waals surface area contributed by atoms with Crippen molar-refractivity contribution in [2.75, 3.05) is 0 Å². The molecule has 3 saturated heterocycles. The second kappa shape index (κ2) is 2.74. The van der Waals surface area contributed by atoms with Crippen LogP contribution in [0.1, 0.15) is 26.7 Å². The summed E-state index contributed by atoms with van der Waals surface area (Å²) in [6.45, 7) is 3.86. The van der Waals surface area contributed by atoms with E-state index in [1.807, 2.05) is 13.8 Å². The Balaban J connectivity index is 1.92. The van der Waals surface area contributed by atoms with Gasteiger partial charge in [0.05, 0.1) is 12.0 Å². The second-order valence-corrected chi connectivity index (χ2v) is 5.97. The van der Waals surface area contributed by atoms with Crippen molar-refractivity contribution in [3.63, 3.8) is 0 Å². The maximum absolute atomic E-state index is 11.6. The lowest BCUT2D eigenvalue weighted by Gasteiger charge is -2.40. The number of hydrogen-bond donors (Lipinski definition) is 0. The predicted octanol–water partition coefficient (Wildman–Crippen LogP) is 1.56. The van der Waals surface area contributed by atoms with Crippen LogP contribution in [-0.4, -0.2) is 28.4 Å². The van der Waals surface area contributed by atoms with Gasteiger partial charge in [-0.3, -0.25) is 4.79 Å². The SMILES string of the molecule is CC1(C)OC2C3CCC(C(=O)S3)C2O1. The fourth-order valence-electron chi connectivity index (χ4n) is 2.70. The Kier molecular flexibility index (Phi) is 1.80. The number of hydrogen-bond acceptors (Lipinski definition) is 4. The highest BCUT2D eigenvalue weighted by Gasteiger charge is 2.57. The van der Waals surface area contributed by atoms with Gasteiger partial charge in [0.15, 0.2) is 10.9 Å². The molecule has 1 saturated carbocycles. The summed E-state index contributed by atoms with van der Waals surface area (Å²) in [7, 11) is 0. The van der Waals surface area contributed by atoms with Crippen LogP contribution >= 0.6 is 11.8 Å². The second-order valence-electron chi connectivity index (χ2n) is 4.72. The Morgan fingerprint density at radius 1 is 1.29 bits per heavy atom. The van der Waals surface area contributed by atoms with Crippen LogP contribution in [0.2, 0.25) is 0 Å². The first kappa shape index (κ1) is 9.19. The molecule has 3 heterocycles. The van der Waals surface area contributed by atoms with E-state index in [-0.39, 0.29) is 18.1 Å². The first-order chi connectivity index (χ1) is 6.57. The van der Waals surface area contributed by atoms with Gasteiger partial charge >= 0.3 is 0 Å². The average Bonchev–Trinajstić information content (AvgIpc) is 2.41. The maximum Gasteiger partial charge on any atom is 0.195 e. The number of carbonyl (C=O) groups is 1. The fraction of sp³-hybridized carbons (Fsp3) is 0.900. The van der Waals surface area contributed by atoms with E-state index in [4.69, 9.17) is 9.47 Å². The molecule has 1 aliphatic carbocycles. The molecular weight excluding hydrogens is 200 g/mol. The zero-order valence-corrected chi connectivity index (χ0v) is 9.17. The molecule has 4 heteroatoms. The largest absolute Gasteiger partial charge is 0.344 e. The molecule has 4 unspecified atom stereocenters. The molecule has 4 aliphatic rings. The molecule has 3 nitrogen and oxygen atoms in total. The summed E-state index contributed by atoms with van der Waals surface area (Å²) in [5, 5.41) is 0.642. The maximum atomic E-state index is 11.6. The van der Waals surface area contributed by atoms with Crippen molar-refractivity contribution in [2.24, 2.45) is 5.92 Å². The minimum Gasteiger partial charge on any atom is -0.344 e. The third-order valence-electron chi connectivity index (χ3n) is 3.26. The van der Waals surface area contributed by atoms with Crippen LogP contribution in [0.3, 0.4) is 0 Å². The van der Waals surface area contributed by atoms with E-state index in [1.165, 1.54) is 11.8 Å². The highest BCUT2D eigenvalue weighted by molar-refractivity contribution is 8.14. The van der Waals surface area contributed by atoms with Crippen LogP contribution in [0.15, 0.2) is 0 Å². The molecule has 78 valence electrons. The van der Waals surface area contributed by atoms with Crippen LogP contribution in [0.5, 0.6) is 0 Å². The van der Waals surface area contributed by atoms with Crippen molar-refractivity contribution in [3.8, 4) is 0 Å². The summed E-state index contributed by atoms with van der Waals surface area (Å²) >= 11 is 1.47. The van der Waals surface area contributed by atoms with E-state index < -0.39 is 5.79 Å². The summed E-state index contributed by atoms with van der Waals surface area (Å²) in [4.78, 5) is 11.6. The van der Waals surface area contributed by atoms with Gasteiger partial charge in [-0.15, -0.1) is 0 Å². The topological polar surface area (TPSA) is 35.5 Å². The first-order valence-electron chi connectivity index (χ1n) is 5.13. The quantitative estimate of drug-likeness (QED) is 0.613. The number of ether oxygens (including phenoxy) is 2. The number of carbonyl (C=O) groups excluding carboxylic acids is 1. The van der Waals surface area contributed by atoms with Gasteiger partial charge in [-0.1, -0.05) is 11.8 Å². The average molecular weight is 214 g/mol. The van der Waals surface area contributed by atoms with Crippen molar-refractivity contribution in [1.29, 1.82) is 0 Å². The summed E-state index contributed by atoms with van der Waals surface area (Å²) in [5.74, 6) is -0.418. The number of thioether (sulfide) groups is 1. The Bertz CT molecular complexity index is 289. The van der Waals surface area contributed by atoms with Gasteiger partial charge in [-0.2, -0.15) is 0 Å². The zero-order valence-electron chi connectivity index (χ0n) is 8.36. The van der Waals surface area contributed by atoms with Gasteiger partial charge < -0.3 is 9.47 Å². The van der Waals surface area contributed by atoms with E-state index in [2.05, 4.69) is 0 Å². The Hall–Kier alpha value is -0.0600.